The number of rotatable bonds is 13. The molecule has 6 aromatic rings. The van der Waals surface area contributed by atoms with Gasteiger partial charge in [-0.2, -0.15) is 0 Å². The van der Waals surface area contributed by atoms with E-state index in [1.54, 1.807) is 38.5 Å². The molecule has 0 spiro atoms. The molecule has 0 aliphatic heterocycles. The molecule has 1 unspecified atom stereocenters. The van der Waals surface area contributed by atoms with Gasteiger partial charge in [-0.25, -0.2) is 13.1 Å². The van der Waals surface area contributed by atoms with Crippen LogP contribution in [0.5, 0.6) is 11.5 Å². The van der Waals surface area contributed by atoms with E-state index < -0.39 is 16.1 Å². The van der Waals surface area contributed by atoms with Gasteiger partial charge < -0.3 is 19.0 Å². The van der Waals surface area contributed by atoms with E-state index in [0.29, 0.717) is 36.7 Å². The predicted molar refractivity (Wildman–Crippen MR) is 179 cm³/mol. The number of benzene rings is 4. The first-order valence-electron chi connectivity index (χ1n) is 15.2. The number of aryl methyl sites for hydroxylation is 3. The zero-order chi connectivity index (χ0) is 32.1. The minimum absolute atomic E-state index is 0.189. The summed E-state index contributed by atoms with van der Waals surface area (Å²) >= 11 is 0. The number of hydrogen-bond donors (Lipinski definition) is 2. The van der Waals surface area contributed by atoms with Gasteiger partial charge in [0.25, 0.3) is 0 Å². The van der Waals surface area contributed by atoms with E-state index in [1.165, 1.54) is 5.56 Å². The topological polar surface area (TPSA) is 111 Å². The molecule has 236 valence electrons. The molecule has 0 radical (unpaired) electrons. The maximum atomic E-state index is 13.9. The molecule has 46 heavy (non-hydrogen) atoms. The molecule has 0 bridgehead atoms. The number of nitrogens with zero attached hydrogens (tertiary/aromatic N) is 3. The van der Waals surface area contributed by atoms with Gasteiger partial charge in [0.1, 0.15) is 17.3 Å². The first-order chi connectivity index (χ1) is 22.3. The maximum absolute atomic E-state index is 13.9. The van der Waals surface area contributed by atoms with Crippen LogP contribution in [0.4, 0.5) is 0 Å². The van der Waals surface area contributed by atoms with Crippen molar-refractivity contribution >= 4 is 20.9 Å². The lowest BCUT2D eigenvalue weighted by Crippen LogP contribution is -2.32. The van der Waals surface area contributed by atoms with E-state index in [4.69, 9.17) is 9.47 Å². The fraction of sp³-hybridized carbons (Fsp3) is 0.222. The number of para-hydroxylation sites is 1. The van der Waals surface area contributed by atoms with Crippen LogP contribution < -0.4 is 14.2 Å². The normalized spacial score (nSPS) is 12.3. The van der Waals surface area contributed by atoms with Crippen molar-refractivity contribution < 1.29 is 17.9 Å². The van der Waals surface area contributed by atoms with Gasteiger partial charge >= 0.3 is 0 Å². The largest absolute Gasteiger partial charge is 0.497 e. The highest BCUT2D eigenvalue weighted by Gasteiger charge is 2.29. The van der Waals surface area contributed by atoms with E-state index in [2.05, 4.69) is 32.0 Å². The Balaban J connectivity index is 1.44. The summed E-state index contributed by atoms with van der Waals surface area (Å²) < 4.78 is 43.9. The van der Waals surface area contributed by atoms with Gasteiger partial charge in [0.15, 0.2) is 5.82 Å². The van der Waals surface area contributed by atoms with Crippen molar-refractivity contribution in [3.05, 3.63) is 137 Å². The van der Waals surface area contributed by atoms with Crippen LogP contribution in [0.3, 0.4) is 0 Å². The number of aromatic nitrogens is 4. The van der Waals surface area contributed by atoms with Gasteiger partial charge in [-0.05, 0) is 61.2 Å². The molecule has 0 saturated carbocycles. The lowest BCUT2D eigenvalue weighted by Gasteiger charge is -2.21. The molecule has 10 heteroatoms. The van der Waals surface area contributed by atoms with Crippen molar-refractivity contribution in [3.8, 4) is 11.5 Å². The standard InChI is InChI=1S/C36H37N5O4S/c1-25-13-18-30(19-14-25)46(42,43)40-33(21-28-23-37-32-12-8-7-11-31(28)32)36-39-38-35(20-15-26-9-5-4-6-10-26)41(36)24-27-16-17-29(44-2)22-34(27)45-3/h4-14,16-19,22-23,33,37,40H,15,20-21,24H2,1-3H3. The first kappa shape index (κ1) is 31.1. The van der Waals surface area contributed by atoms with Gasteiger partial charge in [-0.15, -0.1) is 10.2 Å². The quantitative estimate of drug-likeness (QED) is 0.157. The number of fused-ring (bicyclic) bond motifs is 1. The second-order valence-electron chi connectivity index (χ2n) is 11.3. The number of hydrogen-bond acceptors (Lipinski definition) is 6. The summed E-state index contributed by atoms with van der Waals surface area (Å²) in [7, 11) is -0.684. The molecule has 2 aromatic heterocycles. The zero-order valence-electron chi connectivity index (χ0n) is 26.1. The third-order valence-corrected chi connectivity index (χ3v) is 9.69. The Bertz CT molecular complexity index is 2040. The molecular formula is C36H37N5O4S. The molecule has 4 aromatic carbocycles. The molecule has 0 aliphatic carbocycles. The van der Waals surface area contributed by atoms with Crippen LogP contribution in [0.2, 0.25) is 0 Å². The Morgan fingerprint density at radius 3 is 2.37 bits per heavy atom. The third-order valence-electron chi connectivity index (χ3n) is 8.20. The van der Waals surface area contributed by atoms with Gasteiger partial charge in [0.2, 0.25) is 10.0 Å². The number of ether oxygens (including phenoxy) is 2. The average Bonchev–Trinajstić information content (AvgIpc) is 3.68. The number of sulfonamides is 1. The molecule has 9 nitrogen and oxygen atoms in total. The molecule has 1 atom stereocenters. The van der Waals surface area contributed by atoms with Crippen LogP contribution in [0, 0.1) is 6.92 Å². The van der Waals surface area contributed by atoms with Gasteiger partial charge in [-0.1, -0.05) is 66.2 Å². The molecule has 2 heterocycles. The Labute approximate surface area is 269 Å². The molecule has 2 N–H and O–H groups in total. The van der Waals surface area contributed by atoms with Crippen LogP contribution in [-0.4, -0.2) is 42.4 Å². The van der Waals surface area contributed by atoms with Crippen LogP contribution >= 0.6 is 0 Å². The van der Waals surface area contributed by atoms with Crippen molar-refractivity contribution in [2.75, 3.05) is 14.2 Å². The van der Waals surface area contributed by atoms with Crippen molar-refractivity contribution in [1.29, 1.82) is 0 Å². The van der Waals surface area contributed by atoms with E-state index >= 15 is 0 Å². The van der Waals surface area contributed by atoms with Crippen LogP contribution in [-0.2, 0) is 35.8 Å². The van der Waals surface area contributed by atoms with E-state index in [-0.39, 0.29) is 4.90 Å². The summed E-state index contributed by atoms with van der Waals surface area (Å²) in [5, 5.41) is 10.3. The highest BCUT2D eigenvalue weighted by molar-refractivity contribution is 7.89. The van der Waals surface area contributed by atoms with Crippen molar-refractivity contribution in [2.45, 2.75) is 43.7 Å². The number of H-pyrrole nitrogens is 1. The SMILES string of the molecule is COc1ccc(Cn2c(CCc3ccccc3)nnc2C(Cc2c[nH]c3ccccc23)NS(=O)(=O)c2ccc(C)cc2)c(OC)c1. The second kappa shape index (κ2) is 13.6. The lowest BCUT2D eigenvalue weighted by molar-refractivity contribution is 0.389. The fourth-order valence-corrected chi connectivity index (χ4v) is 6.89. The number of nitrogens with one attached hydrogen (secondary N) is 2. The smallest absolute Gasteiger partial charge is 0.241 e. The predicted octanol–water partition coefficient (Wildman–Crippen LogP) is 6.18. The Morgan fingerprint density at radius 1 is 0.848 bits per heavy atom. The molecule has 0 fully saturated rings. The summed E-state index contributed by atoms with van der Waals surface area (Å²) in [6.45, 7) is 2.30. The zero-order valence-corrected chi connectivity index (χ0v) is 26.9. The average molecular weight is 636 g/mol. The molecule has 6 rings (SSSR count). The number of methoxy groups -OCH3 is 2. The van der Waals surface area contributed by atoms with Crippen LogP contribution in [0.15, 0.2) is 108 Å². The number of aromatic amines is 1. The summed E-state index contributed by atoms with van der Waals surface area (Å²) in [5.41, 5.74) is 4.99. The van der Waals surface area contributed by atoms with Crippen molar-refractivity contribution in [3.63, 3.8) is 0 Å². The highest BCUT2D eigenvalue weighted by atomic mass is 32.2. The second-order valence-corrected chi connectivity index (χ2v) is 13.0. The van der Waals surface area contributed by atoms with Crippen molar-refractivity contribution in [2.24, 2.45) is 0 Å². The Hall–Kier alpha value is -4.93. The Kier molecular flexibility index (Phi) is 9.18. The fourth-order valence-electron chi connectivity index (χ4n) is 5.70. The lowest BCUT2D eigenvalue weighted by atomic mass is 10.0. The molecular weight excluding hydrogens is 598 g/mol. The minimum Gasteiger partial charge on any atom is -0.497 e. The van der Waals surface area contributed by atoms with Crippen molar-refractivity contribution in [1.82, 2.24) is 24.5 Å². The molecule has 0 amide bonds. The van der Waals surface area contributed by atoms with Crippen LogP contribution in [0.1, 0.15) is 39.9 Å². The van der Waals surface area contributed by atoms with Gasteiger partial charge in [0, 0.05) is 35.2 Å². The van der Waals surface area contributed by atoms with E-state index in [9.17, 15) is 8.42 Å². The Morgan fingerprint density at radius 2 is 1.61 bits per heavy atom. The molecule has 0 aliphatic rings. The van der Waals surface area contributed by atoms with E-state index in [0.717, 1.165) is 39.8 Å². The first-order valence-corrected chi connectivity index (χ1v) is 16.6. The summed E-state index contributed by atoms with van der Waals surface area (Å²) in [6, 6.07) is 30.0. The third kappa shape index (κ3) is 6.83. The summed E-state index contributed by atoms with van der Waals surface area (Å²) in [6.07, 6.45) is 3.65. The monoisotopic (exact) mass is 635 g/mol. The highest BCUT2D eigenvalue weighted by Crippen LogP contribution is 2.30. The van der Waals surface area contributed by atoms with Gasteiger partial charge in [-0.3, -0.25) is 0 Å². The summed E-state index contributed by atoms with van der Waals surface area (Å²) in [4.78, 5) is 3.51. The van der Waals surface area contributed by atoms with Gasteiger partial charge in [0.05, 0.1) is 31.7 Å². The molecule has 0 saturated heterocycles. The maximum Gasteiger partial charge on any atom is 0.241 e. The van der Waals surface area contributed by atoms with Crippen LogP contribution in [0.25, 0.3) is 10.9 Å². The summed E-state index contributed by atoms with van der Waals surface area (Å²) in [5.74, 6) is 2.59. The van der Waals surface area contributed by atoms with E-state index in [1.807, 2.05) is 78.4 Å². The minimum atomic E-state index is -3.92.